The van der Waals surface area contributed by atoms with Crippen LogP contribution in [-0.4, -0.2) is 0 Å². The summed E-state index contributed by atoms with van der Waals surface area (Å²) < 4.78 is 11.5. The summed E-state index contributed by atoms with van der Waals surface area (Å²) in [7, 11) is 0. The number of allylic oxidation sites excluding steroid dienone is 2. The maximum Gasteiger partial charge on any atom is 0.187 e. The second-order valence-electron chi connectivity index (χ2n) is 0.793. The Hall–Kier alpha value is -0.590. The molecule has 0 N–H and O–H groups in total. The first kappa shape index (κ1) is 5.41. The lowest BCUT2D eigenvalue weighted by Crippen LogP contribution is -1.68. The SMILES string of the molecule is C=C[C](F)C=C. The third kappa shape index (κ3) is 1.70. The monoisotopic (exact) mass is 85.0 g/mol. The van der Waals surface area contributed by atoms with Crippen LogP contribution in [0.5, 0.6) is 0 Å². The molecule has 0 spiro atoms. The lowest BCUT2D eigenvalue weighted by atomic mass is 10.4. The Kier molecular flexibility index (Phi) is 2.38. The molecule has 0 aromatic heterocycles. The van der Waals surface area contributed by atoms with Crippen LogP contribution in [0.25, 0.3) is 0 Å². The molecule has 0 aromatic carbocycles. The summed E-state index contributed by atoms with van der Waals surface area (Å²) in [5.41, 5.74) is 0. The molecule has 0 saturated heterocycles. The molecule has 0 bridgehead atoms. The van der Waals surface area contributed by atoms with Crippen LogP contribution in [0.1, 0.15) is 0 Å². The van der Waals surface area contributed by atoms with E-state index in [2.05, 4.69) is 13.2 Å². The maximum absolute atomic E-state index is 11.5. The molecule has 1 heteroatoms. The van der Waals surface area contributed by atoms with Gasteiger partial charge in [-0.3, -0.25) is 0 Å². The fraction of sp³-hybridized carbons (Fsp3) is 0. The molecule has 0 rings (SSSR count). The quantitative estimate of drug-likeness (QED) is 0.480. The second kappa shape index (κ2) is 2.64. The summed E-state index contributed by atoms with van der Waals surface area (Å²) in [5.74, 6) is 0. The van der Waals surface area contributed by atoms with Crippen LogP contribution in [0.2, 0.25) is 0 Å². The van der Waals surface area contributed by atoms with E-state index in [0.717, 1.165) is 12.2 Å². The number of hydrogen-bond donors (Lipinski definition) is 0. The molecule has 33 valence electrons. The fourth-order valence-corrected chi connectivity index (χ4v) is 0.0833. The highest BCUT2D eigenvalue weighted by Gasteiger charge is 1.87. The average molecular weight is 85.1 g/mol. The van der Waals surface area contributed by atoms with Crippen molar-refractivity contribution in [2.45, 2.75) is 0 Å². The van der Waals surface area contributed by atoms with Gasteiger partial charge in [0.1, 0.15) is 0 Å². The number of halogens is 1. The van der Waals surface area contributed by atoms with Crippen LogP contribution in [0, 0.1) is 6.17 Å². The van der Waals surface area contributed by atoms with Gasteiger partial charge in [-0.1, -0.05) is 13.2 Å². The molecule has 6 heavy (non-hydrogen) atoms. The minimum Gasteiger partial charge on any atom is -0.230 e. The van der Waals surface area contributed by atoms with Crippen LogP contribution in [0.4, 0.5) is 4.39 Å². The summed E-state index contributed by atoms with van der Waals surface area (Å²) >= 11 is 0. The first-order valence-corrected chi connectivity index (χ1v) is 1.58. The highest BCUT2D eigenvalue weighted by atomic mass is 19.1. The van der Waals surface area contributed by atoms with E-state index in [1.165, 1.54) is 0 Å². The van der Waals surface area contributed by atoms with Crippen LogP contribution < -0.4 is 0 Å². The predicted molar refractivity (Wildman–Crippen MR) is 24.7 cm³/mol. The highest BCUT2D eigenvalue weighted by Crippen LogP contribution is 2.00. The van der Waals surface area contributed by atoms with Crippen molar-refractivity contribution in [2.24, 2.45) is 0 Å². The molecular formula is C5H6F. The normalized spacial score (nSPS) is 8.33. The summed E-state index contributed by atoms with van der Waals surface area (Å²) in [6.07, 6.45) is 1.83. The third-order valence-corrected chi connectivity index (χ3v) is 0.390. The molecule has 0 atom stereocenters. The van der Waals surface area contributed by atoms with E-state index in [1.54, 1.807) is 0 Å². The van der Waals surface area contributed by atoms with Crippen molar-refractivity contribution in [2.75, 3.05) is 0 Å². The van der Waals surface area contributed by atoms with Crippen molar-refractivity contribution in [1.29, 1.82) is 0 Å². The minimum absolute atomic E-state index is 0.380. The van der Waals surface area contributed by atoms with Gasteiger partial charge in [0.15, 0.2) is 6.17 Å². The van der Waals surface area contributed by atoms with E-state index in [4.69, 9.17) is 0 Å². The van der Waals surface area contributed by atoms with Gasteiger partial charge in [-0.05, 0) is 12.2 Å². The fourth-order valence-electron chi connectivity index (χ4n) is 0.0833. The molecule has 0 aliphatic heterocycles. The molecule has 1 radical (unpaired) electrons. The van der Waals surface area contributed by atoms with Crippen LogP contribution in [0.15, 0.2) is 25.3 Å². The zero-order valence-corrected chi connectivity index (χ0v) is 3.45. The number of rotatable bonds is 2. The maximum atomic E-state index is 11.5. The van der Waals surface area contributed by atoms with Crippen molar-refractivity contribution in [1.82, 2.24) is 0 Å². The summed E-state index contributed by atoms with van der Waals surface area (Å²) in [5, 5.41) is 0. The first-order chi connectivity index (χ1) is 2.81. The van der Waals surface area contributed by atoms with Gasteiger partial charge in [-0.15, -0.1) is 0 Å². The van der Waals surface area contributed by atoms with Gasteiger partial charge in [0, 0.05) is 0 Å². The molecule has 0 unspecified atom stereocenters. The Morgan fingerprint density at radius 3 is 1.67 bits per heavy atom. The third-order valence-electron chi connectivity index (χ3n) is 0.390. The molecule has 0 aliphatic carbocycles. The van der Waals surface area contributed by atoms with Crippen molar-refractivity contribution < 1.29 is 4.39 Å². The van der Waals surface area contributed by atoms with Crippen LogP contribution in [0.3, 0.4) is 0 Å². The number of hydrogen-bond acceptors (Lipinski definition) is 0. The Labute approximate surface area is 37.0 Å². The second-order valence-corrected chi connectivity index (χ2v) is 0.793. The van der Waals surface area contributed by atoms with Gasteiger partial charge in [-0.25, -0.2) is 4.39 Å². The summed E-state index contributed by atoms with van der Waals surface area (Å²) in [6, 6.07) is 0. The Bertz CT molecular complexity index is 49.0. The van der Waals surface area contributed by atoms with E-state index in [1.807, 2.05) is 0 Å². The Balaban J connectivity index is 3.21. The summed E-state index contributed by atoms with van der Waals surface area (Å²) in [4.78, 5) is 0. The van der Waals surface area contributed by atoms with E-state index >= 15 is 0 Å². The molecule has 0 amide bonds. The lowest BCUT2D eigenvalue weighted by Gasteiger charge is -1.81. The Morgan fingerprint density at radius 1 is 1.33 bits per heavy atom. The van der Waals surface area contributed by atoms with E-state index in [0.29, 0.717) is 0 Å². The largest absolute Gasteiger partial charge is 0.230 e. The topological polar surface area (TPSA) is 0 Å². The van der Waals surface area contributed by atoms with Crippen LogP contribution in [-0.2, 0) is 0 Å². The molecule has 0 nitrogen and oxygen atoms in total. The molecule has 0 aliphatic rings. The first-order valence-electron chi connectivity index (χ1n) is 1.58. The van der Waals surface area contributed by atoms with Gasteiger partial charge in [-0.2, -0.15) is 0 Å². The van der Waals surface area contributed by atoms with Crippen molar-refractivity contribution in [3.8, 4) is 0 Å². The zero-order chi connectivity index (χ0) is 4.99. The van der Waals surface area contributed by atoms with Crippen molar-refractivity contribution in [3.63, 3.8) is 0 Å². The van der Waals surface area contributed by atoms with Gasteiger partial charge in [0.05, 0.1) is 0 Å². The molecule has 0 heterocycles. The highest BCUT2D eigenvalue weighted by molar-refractivity contribution is 5.09. The smallest absolute Gasteiger partial charge is 0.187 e. The Morgan fingerprint density at radius 2 is 1.67 bits per heavy atom. The average Bonchev–Trinajstić information content (AvgIpc) is 1.65. The van der Waals surface area contributed by atoms with Crippen LogP contribution >= 0.6 is 0 Å². The van der Waals surface area contributed by atoms with Crippen molar-refractivity contribution >= 4 is 0 Å². The van der Waals surface area contributed by atoms with Gasteiger partial charge >= 0.3 is 0 Å². The lowest BCUT2D eigenvalue weighted by molar-refractivity contribution is 0.590. The van der Waals surface area contributed by atoms with Crippen molar-refractivity contribution in [3.05, 3.63) is 31.5 Å². The molecule has 0 fully saturated rings. The van der Waals surface area contributed by atoms with Gasteiger partial charge < -0.3 is 0 Å². The summed E-state index contributed by atoms with van der Waals surface area (Å²) in [6.45, 7) is 6.30. The van der Waals surface area contributed by atoms with E-state index in [9.17, 15) is 4.39 Å². The van der Waals surface area contributed by atoms with Gasteiger partial charge in [0.25, 0.3) is 0 Å². The molecule has 0 saturated carbocycles. The van der Waals surface area contributed by atoms with Gasteiger partial charge in [0.2, 0.25) is 0 Å². The van der Waals surface area contributed by atoms with E-state index in [-0.39, 0.29) is 6.17 Å². The standard InChI is InChI=1S/C5H6F/c1-3-5(6)4-2/h3-4H,1-2H2. The molecular weight excluding hydrogens is 79.1 g/mol. The predicted octanol–water partition coefficient (Wildman–Crippen LogP) is 1.86. The zero-order valence-electron chi connectivity index (χ0n) is 3.45. The van der Waals surface area contributed by atoms with E-state index < -0.39 is 0 Å². The minimum atomic E-state index is -0.380. The molecule has 0 aromatic rings.